The molecule has 9 atom stereocenters. The zero-order valence-electron chi connectivity index (χ0n) is 14.8. The number of fused-ring (bicyclic) bond motifs is 3. The zero-order valence-corrected chi connectivity index (χ0v) is 14.8. The Morgan fingerprint density at radius 2 is 1.50 bits per heavy atom. The van der Waals surface area contributed by atoms with Crippen LogP contribution in [0.2, 0.25) is 0 Å². The van der Waals surface area contributed by atoms with Gasteiger partial charge >= 0.3 is 0 Å². The van der Waals surface area contributed by atoms with Crippen molar-refractivity contribution < 1.29 is 23.8 Å². The normalized spacial score (nSPS) is 54.1. The highest BCUT2D eigenvalue weighted by Gasteiger charge is 2.49. The summed E-state index contributed by atoms with van der Waals surface area (Å²) in [4.78, 5) is 1.75. The average molecular weight is 338 g/mol. The van der Waals surface area contributed by atoms with Gasteiger partial charge in [0.25, 0.3) is 0 Å². The number of piperidine rings is 1. The fourth-order valence-electron chi connectivity index (χ4n) is 6.30. The minimum absolute atomic E-state index is 0.363. The van der Waals surface area contributed by atoms with E-state index in [1.165, 1.54) is 51.5 Å². The van der Waals surface area contributed by atoms with Crippen molar-refractivity contribution in [3.05, 3.63) is 0 Å². The van der Waals surface area contributed by atoms with Gasteiger partial charge in [-0.1, -0.05) is 0 Å². The Kier molecular flexibility index (Phi) is 4.34. The number of nitrogens with one attached hydrogen (secondary N) is 1. The van der Waals surface area contributed by atoms with Crippen LogP contribution in [0.3, 0.4) is 0 Å². The number of ether oxygens (including phenoxy) is 4. The molecule has 9 unspecified atom stereocenters. The van der Waals surface area contributed by atoms with E-state index in [1.54, 1.807) is 4.90 Å². The molecule has 0 aromatic carbocycles. The third kappa shape index (κ3) is 2.82. The van der Waals surface area contributed by atoms with Gasteiger partial charge in [0, 0.05) is 12.3 Å². The number of hydrogen-bond donors (Lipinski definition) is 1. The Morgan fingerprint density at radius 1 is 0.792 bits per heavy atom. The summed E-state index contributed by atoms with van der Waals surface area (Å²) >= 11 is 0. The van der Waals surface area contributed by atoms with Crippen molar-refractivity contribution >= 4 is 0 Å². The third-order valence-electron chi connectivity index (χ3n) is 7.67. The first-order valence-electron chi connectivity index (χ1n) is 10.1. The standard InChI is InChI=1S/C19H31NO4/c1-20-5-4-13-8-18-19(24-11-23-18)9-14(13)15(20)6-12-2-3-16-17(7-12)22-10-21-16/h12-19H,2-11H2,1H3/p+1. The highest BCUT2D eigenvalue weighted by Crippen LogP contribution is 2.43. The molecule has 5 nitrogen and oxygen atoms in total. The summed E-state index contributed by atoms with van der Waals surface area (Å²) in [5.74, 6) is 2.48. The molecule has 1 N–H and O–H groups in total. The minimum atomic E-state index is 0.363. The lowest BCUT2D eigenvalue weighted by Gasteiger charge is -2.47. The molecule has 3 heterocycles. The van der Waals surface area contributed by atoms with Gasteiger partial charge < -0.3 is 23.8 Å². The van der Waals surface area contributed by atoms with Crippen LogP contribution in [0.1, 0.15) is 44.9 Å². The van der Waals surface area contributed by atoms with E-state index in [0.717, 1.165) is 23.8 Å². The number of hydrogen-bond acceptors (Lipinski definition) is 4. The van der Waals surface area contributed by atoms with E-state index in [4.69, 9.17) is 18.9 Å². The Morgan fingerprint density at radius 3 is 2.33 bits per heavy atom. The summed E-state index contributed by atoms with van der Waals surface area (Å²) in [5, 5.41) is 0. The van der Waals surface area contributed by atoms with E-state index in [1.807, 2.05) is 0 Å². The Hall–Kier alpha value is -0.200. The molecule has 0 radical (unpaired) electrons. The van der Waals surface area contributed by atoms with Crippen molar-refractivity contribution in [3.8, 4) is 0 Å². The van der Waals surface area contributed by atoms with Crippen LogP contribution in [-0.2, 0) is 18.9 Å². The summed E-state index contributed by atoms with van der Waals surface area (Å²) in [6.45, 7) is 2.36. The second kappa shape index (κ2) is 6.51. The van der Waals surface area contributed by atoms with Crippen LogP contribution in [0.4, 0.5) is 0 Å². The third-order valence-corrected chi connectivity index (χ3v) is 7.67. The second-order valence-electron chi connectivity index (χ2n) is 8.86. The summed E-state index contributed by atoms with van der Waals surface area (Å²) in [6.07, 6.45) is 10.4. The van der Waals surface area contributed by atoms with Gasteiger partial charge in [-0.15, -0.1) is 0 Å². The van der Waals surface area contributed by atoms with Gasteiger partial charge in [0.2, 0.25) is 0 Å². The maximum Gasteiger partial charge on any atom is 0.147 e. The van der Waals surface area contributed by atoms with E-state index < -0.39 is 0 Å². The number of quaternary nitrogens is 1. The van der Waals surface area contributed by atoms with Gasteiger partial charge in [-0.2, -0.15) is 0 Å². The maximum absolute atomic E-state index is 5.87. The first-order valence-corrected chi connectivity index (χ1v) is 10.1. The van der Waals surface area contributed by atoms with Crippen LogP contribution < -0.4 is 4.90 Å². The molecular weight excluding hydrogens is 306 g/mol. The highest BCUT2D eigenvalue weighted by molar-refractivity contribution is 4.94. The summed E-state index contributed by atoms with van der Waals surface area (Å²) in [7, 11) is 2.42. The van der Waals surface area contributed by atoms with Crippen LogP contribution >= 0.6 is 0 Å². The predicted octanol–water partition coefficient (Wildman–Crippen LogP) is 0.973. The zero-order chi connectivity index (χ0) is 16.1. The van der Waals surface area contributed by atoms with Crippen LogP contribution in [0.15, 0.2) is 0 Å². The molecule has 2 aliphatic carbocycles. The van der Waals surface area contributed by atoms with E-state index in [2.05, 4.69) is 7.05 Å². The molecule has 0 amide bonds. The Bertz CT molecular complexity index is 461. The van der Waals surface area contributed by atoms with Crippen LogP contribution in [0.25, 0.3) is 0 Å². The molecule has 0 spiro atoms. The largest absolute Gasteiger partial charge is 0.349 e. The van der Waals surface area contributed by atoms with Crippen molar-refractivity contribution in [2.75, 3.05) is 27.2 Å². The monoisotopic (exact) mass is 338 g/mol. The Labute approximate surface area is 144 Å². The molecular formula is C19H32NO4+. The summed E-state index contributed by atoms with van der Waals surface area (Å²) < 4.78 is 23.2. The van der Waals surface area contributed by atoms with Crippen molar-refractivity contribution in [3.63, 3.8) is 0 Å². The first kappa shape index (κ1) is 16.0. The molecule has 5 fully saturated rings. The molecule has 0 aromatic heterocycles. The van der Waals surface area contributed by atoms with Crippen molar-refractivity contribution in [1.82, 2.24) is 0 Å². The van der Waals surface area contributed by atoms with Gasteiger partial charge in [0.1, 0.15) is 13.6 Å². The van der Waals surface area contributed by atoms with Crippen molar-refractivity contribution in [2.45, 2.75) is 75.4 Å². The van der Waals surface area contributed by atoms with Crippen LogP contribution in [0, 0.1) is 17.8 Å². The molecule has 24 heavy (non-hydrogen) atoms. The van der Waals surface area contributed by atoms with Crippen LogP contribution in [-0.4, -0.2) is 57.6 Å². The molecule has 5 rings (SSSR count). The summed E-state index contributed by atoms with van der Waals surface area (Å²) in [6, 6.07) is 0.790. The number of likely N-dealkylation sites (tertiary alicyclic amines) is 1. The lowest BCUT2D eigenvalue weighted by Crippen LogP contribution is -3.15. The van der Waals surface area contributed by atoms with E-state index in [-0.39, 0.29) is 0 Å². The summed E-state index contributed by atoms with van der Waals surface area (Å²) in [5.41, 5.74) is 0. The SMILES string of the molecule is C[NH+]1CCC2CC3OCOC3CC2C1CC1CCC2OCOC2C1. The molecule has 3 saturated heterocycles. The van der Waals surface area contributed by atoms with Crippen molar-refractivity contribution in [1.29, 1.82) is 0 Å². The van der Waals surface area contributed by atoms with E-state index >= 15 is 0 Å². The smallest absolute Gasteiger partial charge is 0.147 e. The van der Waals surface area contributed by atoms with E-state index in [0.29, 0.717) is 38.0 Å². The Balaban J connectivity index is 1.27. The molecule has 5 heteroatoms. The first-order chi connectivity index (χ1) is 11.8. The fourth-order valence-corrected chi connectivity index (χ4v) is 6.30. The highest BCUT2D eigenvalue weighted by atomic mass is 16.7. The van der Waals surface area contributed by atoms with Gasteiger partial charge in [0.15, 0.2) is 0 Å². The quantitative estimate of drug-likeness (QED) is 0.815. The van der Waals surface area contributed by atoms with Crippen LogP contribution in [0.5, 0.6) is 0 Å². The number of rotatable bonds is 2. The average Bonchev–Trinajstić information content (AvgIpc) is 3.23. The topological polar surface area (TPSA) is 41.4 Å². The molecule has 0 bridgehead atoms. The molecule has 0 aromatic rings. The van der Waals surface area contributed by atoms with Gasteiger partial charge in [-0.25, -0.2) is 0 Å². The molecule has 136 valence electrons. The molecule has 3 aliphatic heterocycles. The van der Waals surface area contributed by atoms with Gasteiger partial charge in [-0.05, 0) is 50.4 Å². The van der Waals surface area contributed by atoms with E-state index in [9.17, 15) is 0 Å². The van der Waals surface area contributed by atoms with Crippen molar-refractivity contribution in [2.24, 2.45) is 17.8 Å². The minimum Gasteiger partial charge on any atom is -0.349 e. The fraction of sp³-hybridized carbons (Fsp3) is 1.00. The second-order valence-corrected chi connectivity index (χ2v) is 8.86. The van der Waals surface area contributed by atoms with Gasteiger partial charge in [-0.3, -0.25) is 0 Å². The maximum atomic E-state index is 5.87. The lowest BCUT2D eigenvalue weighted by atomic mass is 9.66. The van der Waals surface area contributed by atoms with Gasteiger partial charge in [0.05, 0.1) is 44.1 Å². The molecule has 5 aliphatic rings. The lowest BCUT2D eigenvalue weighted by molar-refractivity contribution is -0.919. The molecule has 2 saturated carbocycles. The predicted molar refractivity (Wildman–Crippen MR) is 87.6 cm³/mol.